The van der Waals surface area contributed by atoms with Gasteiger partial charge >= 0.3 is 5.97 Å². The number of carbonyl (C=O) groups excluding carboxylic acids is 2. The average Bonchev–Trinajstić information content (AvgIpc) is 2.74. The smallest absolute Gasteiger partial charge is 0.338 e. The summed E-state index contributed by atoms with van der Waals surface area (Å²) in [5.41, 5.74) is 0.948. The minimum atomic E-state index is -0.437. The van der Waals surface area contributed by atoms with E-state index in [9.17, 15) is 9.59 Å². The molecule has 2 fully saturated rings. The number of hydrogen-bond acceptors (Lipinski definition) is 3. The van der Waals surface area contributed by atoms with Gasteiger partial charge in [-0.2, -0.15) is 0 Å². The summed E-state index contributed by atoms with van der Waals surface area (Å²) < 4.78 is 6.30. The van der Waals surface area contributed by atoms with Gasteiger partial charge in [0.25, 0.3) is 5.91 Å². The van der Waals surface area contributed by atoms with Crippen LogP contribution in [0.1, 0.15) is 50.4 Å². The number of benzene rings is 1. The van der Waals surface area contributed by atoms with E-state index in [2.05, 4.69) is 43.4 Å². The molecule has 2 bridgehead atoms. The monoisotopic (exact) mass is 441 g/mol. The molecule has 4 nitrogen and oxygen atoms in total. The Labute approximate surface area is 157 Å². The van der Waals surface area contributed by atoms with Crippen molar-refractivity contribution in [3.05, 3.63) is 33.4 Å². The molecule has 1 saturated carbocycles. The zero-order valence-corrected chi connectivity index (χ0v) is 16.6. The first-order valence-corrected chi connectivity index (χ1v) is 9.48. The van der Waals surface area contributed by atoms with Crippen LogP contribution in [-0.4, -0.2) is 36.0 Å². The largest absolute Gasteiger partial charge is 0.452 e. The lowest BCUT2D eigenvalue weighted by Crippen LogP contribution is -2.39. The van der Waals surface area contributed by atoms with Gasteiger partial charge in [0.15, 0.2) is 6.61 Å². The van der Waals surface area contributed by atoms with E-state index < -0.39 is 5.97 Å². The number of amides is 1. The summed E-state index contributed by atoms with van der Waals surface area (Å²) in [5, 5.41) is 0. The second-order valence-electron chi connectivity index (χ2n) is 8.32. The van der Waals surface area contributed by atoms with Crippen molar-refractivity contribution in [2.24, 2.45) is 10.8 Å². The molecule has 1 heterocycles. The predicted molar refractivity (Wildman–Crippen MR) is 101 cm³/mol. The Kier molecular flexibility index (Phi) is 4.66. The van der Waals surface area contributed by atoms with Gasteiger partial charge in [0.2, 0.25) is 0 Å². The van der Waals surface area contributed by atoms with E-state index >= 15 is 0 Å². The Bertz CT molecular complexity index is 655. The van der Waals surface area contributed by atoms with Gasteiger partial charge in [-0.05, 0) is 76.9 Å². The molecular weight excluding hydrogens is 417 g/mol. The van der Waals surface area contributed by atoms with Crippen LogP contribution in [0.3, 0.4) is 0 Å². The fraction of sp³-hybridized carbons (Fsp3) is 0.579. The number of halogens is 1. The molecule has 0 aromatic heterocycles. The Morgan fingerprint density at radius 2 is 1.88 bits per heavy atom. The third kappa shape index (κ3) is 3.76. The van der Waals surface area contributed by atoms with E-state index in [1.54, 1.807) is 12.1 Å². The highest BCUT2D eigenvalue weighted by molar-refractivity contribution is 14.1. The van der Waals surface area contributed by atoms with Crippen LogP contribution in [0.4, 0.5) is 0 Å². The molecule has 5 heteroatoms. The molecule has 0 radical (unpaired) electrons. The van der Waals surface area contributed by atoms with E-state index in [4.69, 9.17) is 4.74 Å². The highest BCUT2D eigenvalue weighted by atomic mass is 127. The van der Waals surface area contributed by atoms with Crippen LogP contribution in [0.5, 0.6) is 0 Å². The number of likely N-dealkylation sites (tertiary alicyclic amines) is 1. The second kappa shape index (κ2) is 6.32. The lowest BCUT2D eigenvalue weighted by atomic mass is 9.65. The SMILES string of the molecule is CC1(C)CC2CC(C)(CN2C(=O)COC(=O)c2ccc(I)cc2)C1. The zero-order chi connectivity index (χ0) is 17.5. The highest BCUT2D eigenvalue weighted by Gasteiger charge is 2.50. The molecular formula is C19H24INO3. The van der Waals surface area contributed by atoms with Gasteiger partial charge in [-0.1, -0.05) is 20.8 Å². The molecule has 3 rings (SSSR count). The fourth-order valence-corrected chi connectivity index (χ4v) is 4.99. The normalized spacial score (nSPS) is 27.8. The average molecular weight is 441 g/mol. The van der Waals surface area contributed by atoms with Crippen LogP contribution in [0.25, 0.3) is 0 Å². The van der Waals surface area contributed by atoms with Crippen LogP contribution < -0.4 is 0 Å². The first-order chi connectivity index (χ1) is 11.2. The minimum Gasteiger partial charge on any atom is -0.452 e. The molecule has 1 aromatic carbocycles. The summed E-state index contributed by atoms with van der Waals surface area (Å²) in [6.07, 6.45) is 3.23. The van der Waals surface area contributed by atoms with E-state index in [-0.39, 0.29) is 29.4 Å². The summed E-state index contributed by atoms with van der Waals surface area (Å²) in [6.45, 7) is 7.44. The van der Waals surface area contributed by atoms with Crippen molar-refractivity contribution < 1.29 is 14.3 Å². The van der Waals surface area contributed by atoms with E-state index in [0.717, 1.165) is 29.4 Å². The quantitative estimate of drug-likeness (QED) is 0.529. The number of rotatable bonds is 3. The first-order valence-electron chi connectivity index (χ1n) is 8.40. The van der Waals surface area contributed by atoms with Gasteiger partial charge in [-0.3, -0.25) is 4.79 Å². The maximum Gasteiger partial charge on any atom is 0.338 e. The number of nitrogens with zero attached hydrogens (tertiary/aromatic N) is 1. The number of esters is 1. The lowest BCUT2D eigenvalue weighted by molar-refractivity contribution is -0.135. The van der Waals surface area contributed by atoms with Crippen LogP contribution in [0.2, 0.25) is 0 Å². The summed E-state index contributed by atoms with van der Waals surface area (Å²) in [6, 6.07) is 7.43. The molecule has 2 atom stereocenters. The molecule has 1 saturated heterocycles. The summed E-state index contributed by atoms with van der Waals surface area (Å²) >= 11 is 2.18. The molecule has 2 unspecified atom stereocenters. The van der Waals surface area contributed by atoms with Crippen molar-refractivity contribution in [3.63, 3.8) is 0 Å². The van der Waals surface area contributed by atoms with Gasteiger partial charge in [0.1, 0.15) is 0 Å². The molecule has 1 aromatic rings. The molecule has 130 valence electrons. The summed E-state index contributed by atoms with van der Waals surface area (Å²) in [7, 11) is 0. The van der Waals surface area contributed by atoms with E-state index in [1.807, 2.05) is 17.0 Å². The third-order valence-electron chi connectivity index (χ3n) is 5.14. The number of ether oxygens (including phenoxy) is 1. The van der Waals surface area contributed by atoms with Crippen molar-refractivity contribution in [1.82, 2.24) is 4.90 Å². The second-order valence-corrected chi connectivity index (χ2v) is 9.56. The number of hydrogen-bond donors (Lipinski definition) is 0. The highest BCUT2D eigenvalue weighted by Crippen LogP contribution is 2.52. The molecule has 0 N–H and O–H groups in total. The minimum absolute atomic E-state index is 0.0692. The van der Waals surface area contributed by atoms with Crippen molar-refractivity contribution in [2.75, 3.05) is 13.2 Å². The summed E-state index contributed by atoms with van der Waals surface area (Å²) in [4.78, 5) is 26.6. The zero-order valence-electron chi connectivity index (χ0n) is 14.5. The number of fused-ring (bicyclic) bond motifs is 2. The summed E-state index contributed by atoms with van der Waals surface area (Å²) in [5.74, 6) is -0.506. The third-order valence-corrected chi connectivity index (χ3v) is 5.86. The Hall–Kier alpha value is -1.11. The van der Waals surface area contributed by atoms with Crippen molar-refractivity contribution in [3.8, 4) is 0 Å². The standard InChI is InChI=1S/C19H24INO3/c1-18(2)8-15-9-19(3,11-18)12-21(15)16(22)10-24-17(23)13-4-6-14(20)7-5-13/h4-7,15H,8-12H2,1-3H3. The fourth-order valence-electron chi connectivity index (χ4n) is 4.63. The van der Waals surface area contributed by atoms with Crippen LogP contribution in [-0.2, 0) is 9.53 Å². The van der Waals surface area contributed by atoms with Crippen molar-refractivity contribution >= 4 is 34.5 Å². The topological polar surface area (TPSA) is 46.6 Å². The Morgan fingerprint density at radius 1 is 1.21 bits per heavy atom. The van der Waals surface area contributed by atoms with Crippen LogP contribution in [0, 0.1) is 14.4 Å². The number of carbonyl (C=O) groups is 2. The maximum atomic E-state index is 12.6. The van der Waals surface area contributed by atoms with Gasteiger partial charge in [-0.25, -0.2) is 4.79 Å². The maximum absolute atomic E-state index is 12.6. The van der Waals surface area contributed by atoms with Gasteiger partial charge in [0.05, 0.1) is 5.56 Å². The molecule has 0 spiro atoms. The Morgan fingerprint density at radius 3 is 2.54 bits per heavy atom. The molecule has 1 amide bonds. The predicted octanol–water partition coefficient (Wildman–Crippen LogP) is 3.88. The van der Waals surface area contributed by atoms with E-state index in [1.165, 1.54) is 0 Å². The molecule has 1 aliphatic carbocycles. The van der Waals surface area contributed by atoms with Gasteiger partial charge in [0, 0.05) is 16.2 Å². The van der Waals surface area contributed by atoms with Gasteiger partial charge < -0.3 is 9.64 Å². The van der Waals surface area contributed by atoms with E-state index in [0.29, 0.717) is 5.56 Å². The van der Waals surface area contributed by atoms with Crippen LogP contribution >= 0.6 is 22.6 Å². The Balaban J connectivity index is 1.60. The first kappa shape index (κ1) is 17.7. The van der Waals surface area contributed by atoms with Crippen molar-refractivity contribution in [2.45, 2.75) is 46.1 Å². The molecule has 2 aliphatic rings. The van der Waals surface area contributed by atoms with Crippen molar-refractivity contribution in [1.29, 1.82) is 0 Å². The lowest BCUT2D eigenvalue weighted by Gasteiger charge is -2.39. The molecule has 24 heavy (non-hydrogen) atoms. The molecule has 1 aliphatic heterocycles. The van der Waals surface area contributed by atoms with Gasteiger partial charge in [-0.15, -0.1) is 0 Å². The van der Waals surface area contributed by atoms with Crippen LogP contribution in [0.15, 0.2) is 24.3 Å².